The van der Waals surface area contributed by atoms with Crippen molar-refractivity contribution in [2.24, 2.45) is 7.05 Å². The highest BCUT2D eigenvalue weighted by molar-refractivity contribution is 6.30. The molecule has 1 saturated carbocycles. The van der Waals surface area contributed by atoms with E-state index >= 15 is 0 Å². The van der Waals surface area contributed by atoms with Gasteiger partial charge >= 0.3 is 5.69 Å². The molecule has 3 aromatic rings. The third-order valence-corrected chi connectivity index (χ3v) is 6.17. The highest BCUT2D eigenvalue weighted by Gasteiger charge is 2.20. The van der Waals surface area contributed by atoms with Crippen molar-refractivity contribution in [2.75, 3.05) is 13.2 Å². The molecule has 0 unspecified atom stereocenters. The maximum absolute atomic E-state index is 13.3. The summed E-state index contributed by atoms with van der Waals surface area (Å²) in [5, 5.41) is 9.80. The lowest BCUT2D eigenvalue weighted by molar-refractivity contribution is 0.0837. The lowest BCUT2D eigenvalue weighted by Crippen LogP contribution is -2.40. The standard InChI is InChI=1S/C24H27ClN4O4/c1-27-22-21(23(31)28(24(27)32)13-5-14-30)29(16-17-9-11-18(25)12-10-17)20(26-22)8-4-15-33-19-6-2-3-7-19/h9-12,19,30H,2-3,5-7,13-16H2,1H3. The number of nitrogens with zero attached hydrogens (tertiary/aromatic N) is 4. The molecule has 0 radical (unpaired) electrons. The van der Waals surface area contributed by atoms with Crippen LogP contribution in [0.3, 0.4) is 0 Å². The zero-order valence-corrected chi connectivity index (χ0v) is 19.3. The number of hydrogen-bond donors (Lipinski definition) is 1. The number of aromatic nitrogens is 4. The maximum Gasteiger partial charge on any atom is 0.332 e. The Kier molecular flexibility index (Phi) is 7.33. The van der Waals surface area contributed by atoms with Crippen molar-refractivity contribution in [2.45, 2.75) is 51.3 Å². The third kappa shape index (κ3) is 5.06. The van der Waals surface area contributed by atoms with Gasteiger partial charge in [0.1, 0.15) is 6.61 Å². The first-order chi connectivity index (χ1) is 16.0. The molecule has 0 spiro atoms. The molecular weight excluding hydrogens is 444 g/mol. The average Bonchev–Trinajstić information content (AvgIpc) is 3.45. The molecular formula is C24H27ClN4O4. The van der Waals surface area contributed by atoms with Gasteiger partial charge < -0.3 is 14.4 Å². The summed E-state index contributed by atoms with van der Waals surface area (Å²) in [6.45, 7) is 0.638. The zero-order valence-electron chi connectivity index (χ0n) is 18.6. The van der Waals surface area contributed by atoms with E-state index in [1.807, 2.05) is 12.1 Å². The second kappa shape index (κ2) is 10.4. The Morgan fingerprint density at radius 1 is 1.18 bits per heavy atom. The van der Waals surface area contributed by atoms with Crippen LogP contribution in [0.1, 0.15) is 43.5 Å². The molecule has 1 aliphatic rings. The molecule has 0 aliphatic heterocycles. The van der Waals surface area contributed by atoms with E-state index in [2.05, 4.69) is 16.8 Å². The fraction of sp³-hybridized carbons (Fsp3) is 0.458. The van der Waals surface area contributed by atoms with Crippen LogP contribution in [0.4, 0.5) is 0 Å². The monoisotopic (exact) mass is 470 g/mol. The van der Waals surface area contributed by atoms with E-state index in [9.17, 15) is 14.7 Å². The third-order valence-electron chi connectivity index (χ3n) is 5.92. The van der Waals surface area contributed by atoms with E-state index in [0.29, 0.717) is 29.3 Å². The first kappa shape index (κ1) is 23.3. The second-order valence-corrected chi connectivity index (χ2v) is 8.65. The minimum absolute atomic E-state index is 0.116. The number of rotatable bonds is 7. The predicted octanol–water partition coefficient (Wildman–Crippen LogP) is 2.29. The van der Waals surface area contributed by atoms with Gasteiger partial charge in [0.25, 0.3) is 5.56 Å². The van der Waals surface area contributed by atoms with E-state index in [1.54, 1.807) is 23.7 Å². The number of aliphatic hydroxyl groups excluding tert-OH is 1. The molecule has 1 aliphatic carbocycles. The van der Waals surface area contributed by atoms with Crippen molar-refractivity contribution in [3.05, 3.63) is 61.5 Å². The Morgan fingerprint density at radius 3 is 2.61 bits per heavy atom. The van der Waals surface area contributed by atoms with Crippen molar-refractivity contribution >= 4 is 22.8 Å². The second-order valence-electron chi connectivity index (χ2n) is 8.22. The molecule has 0 bridgehead atoms. The summed E-state index contributed by atoms with van der Waals surface area (Å²) in [4.78, 5) is 30.6. The van der Waals surface area contributed by atoms with Crippen LogP contribution in [-0.4, -0.2) is 43.1 Å². The summed E-state index contributed by atoms with van der Waals surface area (Å²) in [7, 11) is 1.58. The van der Waals surface area contributed by atoms with Crippen LogP contribution in [0.25, 0.3) is 11.2 Å². The van der Waals surface area contributed by atoms with Crippen LogP contribution in [0.2, 0.25) is 5.02 Å². The smallest absolute Gasteiger partial charge is 0.332 e. The minimum Gasteiger partial charge on any atom is -0.396 e. The molecule has 2 aromatic heterocycles. The Balaban J connectivity index is 1.78. The molecule has 0 amide bonds. The molecule has 4 rings (SSSR count). The summed E-state index contributed by atoms with van der Waals surface area (Å²) in [6.07, 6.45) is 5.05. The molecule has 33 heavy (non-hydrogen) atoms. The lowest BCUT2D eigenvalue weighted by Gasteiger charge is -2.10. The summed E-state index contributed by atoms with van der Waals surface area (Å²) >= 11 is 6.02. The fourth-order valence-electron chi connectivity index (χ4n) is 4.15. The Labute approximate surface area is 196 Å². The molecule has 0 atom stereocenters. The SMILES string of the molecule is Cn1c(=O)n(CCCO)c(=O)c2c1nc(C#CCOC1CCCC1)n2Cc1ccc(Cl)cc1. The fourth-order valence-corrected chi connectivity index (χ4v) is 4.27. The van der Waals surface area contributed by atoms with Crippen LogP contribution in [0.15, 0.2) is 33.9 Å². The number of aryl methyl sites for hydroxylation is 1. The number of hydrogen-bond acceptors (Lipinski definition) is 5. The highest BCUT2D eigenvalue weighted by atomic mass is 35.5. The van der Waals surface area contributed by atoms with E-state index in [1.165, 1.54) is 17.4 Å². The molecule has 1 fully saturated rings. The van der Waals surface area contributed by atoms with Gasteiger partial charge in [0.15, 0.2) is 17.0 Å². The van der Waals surface area contributed by atoms with Gasteiger partial charge in [0, 0.05) is 25.2 Å². The van der Waals surface area contributed by atoms with Crippen molar-refractivity contribution < 1.29 is 9.84 Å². The first-order valence-electron chi connectivity index (χ1n) is 11.2. The Hall–Kier alpha value is -2.86. The summed E-state index contributed by atoms with van der Waals surface area (Å²) in [5.74, 6) is 6.45. The van der Waals surface area contributed by atoms with Crippen molar-refractivity contribution in [3.8, 4) is 11.8 Å². The summed E-state index contributed by atoms with van der Waals surface area (Å²) in [6, 6.07) is 7.32. The number of fused-ring (bicyclic) bond motifs is 1. The Morgan fingerprint density at radius 2 is 1.91 bits per heavy atom. The molecule has 8 nitrogen and oxygen atoms in total. The minimum atomic E-state index is -0.471. The zero-order chi connectivity index (χ0) is 23.4. The quantitative estimate of drug-likeness (QED) is 0.535. The van der Waals surface area contributed by atoms with Gasteiger partial charge in [-0.1, -0.05) is 42.5 Å². The summed E-state index contributed by atoms with van der Waals surface area (Å²) in [5.41, 5.74) is 0.574. The molecule has 0 saturated heterocycles. The Bertz CT molecular complexity index is 1310. The topological polar surface area (TPSA) is 91.3 Å². The van der Waals surface area contributed by atoms with E-state index in [-0.39, 0.29) is 31.5 Å². The van der Waals surface area contributed by atoms with Gasteiger partial charge in [-0.15, -0.1) is 0 Å². The number of aliphatic hydroxyl groups is 1. The van der Waals surface area contributed by atoms with Crippen LogP contribution in [-0.2, 0) is 24.9 Å². The van der Waals surface area contributed by atoms with Gasteiger partial charge in [-0.2, -0.15) is 0 Å². The predicted molar refractivity (Wildman–Crippen MR) is 127 cm³/mol. The van der Waals surface area contributed by atoms with Gasteiger partial charge in [0.2, 0.25) is 0 Å². The van der Waals surface area contributed by atoms with Crippen LogP contribution in [0.5, 0.6) is 0 Å². The first-order valence-corrected chi connectivity index (χ1v) is 11.5. The van der Waals surface area contributed by atoms with E-state index in [4.69, 9.17) is 16.3 Å². The highest BCUT2D eigenvalue weighted by Crippen LogP contribution is 2.20. The average molecular weight is 471 g/mol. The van der Waals surface area contributed by atoms with Gasteiger partial charge in [-0.05, 0) is 42.9 Å². The van der Waals surface area contributed by atoms with Crippen molar-refractivity contribution in [1.29, 1.82) is 0 Å². The number of ether oxygens (including phenoxy) is 1. The lowest BCUT2D eigenvalue weighted by atomic mass is 10.2. The molecule has 1 N–H and O–H groups in total. The number of benzene rings is 1. The number of imidazole rings is 1. The van der Waals surface area contributed by atoms with Crippen molar-refractivity contribution in [3.63, 3.8) is 0 Å². The van der Waals surface area contributed by atoms with Crippen LogP contribution in [0, 0.1) is 11.8 Å². The van der Waals surface area contributed by atoms with Gasteiger partial charge in [-0.25, -0.2) is 9.78 Å². The van der Waals surface area contributed by atoms with Gasteiger partial charge in [-0.3, -0.25) is 13.9 Å². The normalized spacial score (nSPS) is 14.0. The summed E-state index contributed by atoms with van der Waals surface area (Å²) < 4.78 is 10.1. The van der Waals surface area contributed by atoms with E-state index < -0.39 is 11.2 Å². The van der Waals surface area contributed by atoms with E-state index in [0.717, 1.165) is 23.0 Å². The van der Waals surface area contributed by atoms with Crippen LogP contribution >= 0.6 is 11.6 Å². The number of halogens is 1. The molecule has 9 heteroatoms. The largest absolute Gasteiger partial charge is 0.396 e. The van der Waals surface area contributed by atoms with Crippen molar-refractivity contribution in [1.82, 2.24) is 18.7 Å². The van der Waals surface area contributed by atoms with Gasteiger partial charge in [0.05, 0.1) is 12.6 Å². The van der Waals surface area contributed by atoms with Crippen LogP contribution < -0.4 is 11.2 Å². The molecule has 2 heterocycles. The molecule has 1 aromatic carbocycles. The maximum atomic E-state index is 13.3. The molecule has 174 valence electrons.